The lowest BCUT2D eigenvalue weighted by molar-refractivity contribution is -0.138. The van der Waals surface area contributed by atoms with E-state index in [9.17, 15) is 14.7 Å². The molecule has 0 saturated heterocycles. The van der Waals surface area contributed by atoms with E-state index in [0.29, 0.717) is 29.7 Å². The van der Waals surface area contributed by atoms with Gasteiger partial charge in [-0.05, 0) is 61.2 Å². The Labute approximate surface area is 159 Å². The number of carbonyl (C=O) groups is 2. The van der Waals surface area contributed by atoms with Crippen LogP contribution in [0.4, 0.5) is 5.69 Å². The van der Waals surface area contributed by atoms with Gasteiger partial charge in [-0.15, -0.1) is 0 Å². The fourth-order valence-electron chi connectivity index (χ4n) is 4.14. The van der Waals surface area contributed by atoms with Gasteiger partial charge in [-0.25, -0.2) is 0 Å². The summed E-state index contributed by atoms with van der Waals surface area (Å²) >= 11 is 3.38. The van der Waals surface area contributed by atoms with Crippen LogP contribution < -0.4 is 10.1 Å². The summed E-state index contributed by atoms with van der Waals surface area (Å²) < 4.78 is 6.09. The van der Waals surface area contributed by atoms with Crippen LogP contribution in [-0.4, -0.2) is 23.9 Å². The van der Waals surface area contributed by atoms with Gasteiger partial charge in [-0.1, -0.05) is 15.9 Å². The quantitative estimate of drug-likeness (QED) is 0.788. The van der Waals surface area contributed by atoms with Crippen LogP contribution in [0.25, 0.3) is 0 Å². The summed E-state index contributed by atoms with van der Waals surface area (Å²) in [7, 11) is 1.60. The topological polar surface area (TPSA) is 75.6 Å². The number of halogens is 1. The second kappa shape index (κ2) is 5.93. The Morgan fingerprint density at radius 2 is 2.04 bits per heavy atom. The highest BCUT2D eigenvalue weighted by molar-refractivity contribution is 9.10. The van der Waals surface area contributed by atoms with Crippen molar-refractivity contribution in [3.8, 4) is 5.75 Å². The van der Waals surface area contributed by atoms with Crippen LogP contribution in [0.3, 0.4) is 0 Å². The number of anilines is 1. The largest absolute Gasteiger partial charge is 0.496 e. The smallest absolute Gasteiger partial charge is 0.261 e. The Balaban J connectivity index is 1.81. The molecule has 0 aromatic heterocycles. The van der Waals surface area contributed by atoms with E-state index in [1.807, 2.05) is 6.92 Å². The van der Waals surface area contributed by atoms with Crippen LogP contribution in [0.5, 0.6) is 5.75 Å². The molecule has 0 bridgehead atoms. The first kappa shape index (κ1) is 17.2. The molecule has 0 spiro atoms. The second-order valence-electron chi connectivity index (χ2n) is 6.78. The Hall–Kier alpha value is -2.18. The molecule has 0 saturated carbocycles. The monoisotopic (exact) mass is 415 g/mol. The minimum atomic E-state index is -1.86. The van der Waals surface area contributed by atoms with Gasteiger partial charge in [-0.2, -0.15) is 0 Å². The number of Topliss-reactive ketones (excluding diaryl/α,β-unsaturated/α-hetero) is 1. The van der Waals surface area contributed by atoms with Gasteiger partial charge in [0.1, 0.15) is 5.75 Å². The van der Waals surface area contributed by atoms with Crippen LogP contribution in [0, 0.1) is 12.8 Å². The van der Waals surface area contributed by atoms with E-state index in [1.54, 1.807) is 37.4 Å². The zero-order valence-electron chi connectivity index (χ0n) is 14.4. The summed E-state index contributed by atoms with van der Waals surface area (Å²) in [5.74, 6) is -0.833. The van der Waals surface area contributed by atoms with Crippen LogP contribution in [0.2, 0.25) is 0 Å². The van der Waals surface area contributed by atoms with Crippen LogP contribution in [-0.2, 0) is 16.8 Å². The molecule has 1 aliphatic heterocycles. The third-order valence-electron chi connectivity index (χ3n) is 5.52. The summed E-state index contributed by atoms with van der Waals surface area (Å²) in [5.41, 5.74) is 1.56. The molecule has 1 amide bonds. The van der Waals surface area contributed by atoms with Crippen molar-refractivity contribution in [2.24, 2.45) is 5.92 Å². The minimum Gasteiger partial charge on any atom is -0.496 e. The average Bonchev–Trinajstić information content (AvgIpc) is 2.87. The summed E-state index contributed by atoms with van der Waals surface area (Å²) in [5, 5.41) is 14.1. The van der Waals surface area contributed by atoms with Crippen molar-refractivity contribution in [1.82, 2.24) is 0 Å². The maximum Gasteiger partial charge on any atom is 0.261 e. The van der Waals surface area contributed by atoms with Gasteiger partial charge in [0.15, 0.2) is 11.4 Å². The number of benzene rings is 2. The number of amides is 1. The van der Waals surface area contributed by atoms with Gasteiger partial charge in [0, 0.05) is 21.3 Å². The van der Waals surface area contributed by atoms with E-state index in [4.69, 9.17) is 4.74 Å². The van der Waals surface area contributed by atoms with E-state index >= 15 is 0 Å². The normalized spacial score (nSPS) is 24.1. The number of methoxy groups -OCH3 is 1. The second-order valence-corrected chi connectivity index (χ2v) is 7.70. The van der Waals surface area contributed by atoms with Crippen LogP contribution in [0.1, 0.15) is 33.5 Å². The van der Waals surface area contributed by atoms with E-state index in [2.05, 4.69) is 21.2 Å². The molecule has 1 aliphatic carbocycles. The highest BCUT2D eigenvalue weighted by Gasteiger charge is 2.55. The molecule has 0 unspecified atom stereocenters. The number of ketones is 1. The standard InChI is InChI=1S/C20H18BrNO4/c1-10-12-4-6-14(18(23)13(12)5-8-17(10)26-2)20(25)15-9-11(21)3-7-16(15)22-19(20)24/h3,5,7-9,14,25H,4,6H2,1-2H3,(H,22,24)/t14-,20+/m1/s1. The molecule has 0 fully saturated rings. The number of hydrogen-bond acceptors (Lipinski definition) is 4. The first-order valence-electron chi connectivity index (χ1n) is 8.42. The van der Waals surface area contributed by atoms with Gasteiger partial charge in [0.25, 0.3) is 5.91 Å². The van der Waals surface area contributed by atoms with E-state index in [-0.39, 0.29) is 5.78 Å². The third-order valence-corrected chi connectivity index (χ3v) is 6.02. The molecule has 1 heterocycles. The summed E-state index contributed by atoms with van der Waals surface area (Å²) in [4.78, 5) is 25.8. The molecular weight excluding hydrogens is 398 g/mol. The average molecular weight is 416 g/mol. The fraction of sp³-hybridized carbons (Fsp3) is 0.300. The number of nitrogens with one attached hydrogen (secondary N) is 1. The Kier molecular flexibility index (Phi) is 3.93. The zero-order valence-corrected chi connectivity index (χ0v) is 16.0. The molecule has 5 nitrogen and oxygen atoms in total. The molecule has 2 aromatic carbocycles. The van der Waals surface area contributed by atoms with Crippen molar-refractivity contribution in [1.29, 1.82) is 0 Å². The SMILES string of the molecule is COc1ccc2c(c1C)CC[C@@H]([C@@]1(O)C(=O)Nc3ccc(Br)cc31)C2=O. The summed E-state index contributed by atoms with van der Waals surface area (Å²) in [6.07, 6.45) is 1.00. The molecular formula is C20H18BrNO4. The first-order valence-corrected chi connectivity index (χ1v) is 9.21. The number of ether oxygens (including phenoxy) is 1. The van der Waals surface area contributed by atoms with Gasteiger partial charge >= 0.3 is 0 Å². The van der Waals surface area contributed by atoms with Crippen molar-refractivity contribution in [2.45, 2.75) is 25.4 Å². The number of fused-ring (bicyclic) bond motifs is 2. The van der Waals surface area contributed by atoms with E-state index < -0.39 is 17.4 Å². The minimum absolute atomic E-state index is 0.206. The van der Waals surface area contributed by atoms with Crippen molar-refractivity contribution < 1.29 is 19.4 Å². The maximum atomic E-state index is 13.2. The van der Waals surface area contributed by atoms with Crippen molar-refractivity contribution >= 4 is 33.3 Å². The summed E-state index contributed by atoms with van der Waals surface area (Å²) in [6.45, 7) is 1.93. The first-order chi connectivity index (χ1) is 12.4. The van der Waals surface area contributed by atoms with E-state index in [1.165, 1.54) is 0 Å². The van der Waals surface area contributed by atoms with Gasteiger partial charge in [0.2, 0.25) is 0 Å². The number of aliphatic hydroxyl groups is 1. The molecule has 0 radical (unpaired) electrons. The lowest BCUT2D eigenvalue weighted by atomic mass is 9.70. The maximum absolute atomic E-state index is 13.2. The predicted octanol–water partition coefficient (Wildman–Crippen LogP) is 3.35. The molecule has 4 rings (SSSR count). The molecule has 134 valence electrons. The molecule has 2 aromatic rings. The molecule has 2 aliphatic rings. The highest BCUT2D eigenvalue weighted by atomic mass is 79.9. The number of rotatable bonds is 2. The lowest BCUT2D eigenvalue weighted by Gasteiger charge is -2.34. The van der Waals surface area contributed by atoms with Crippen LogP contribution >= 0.6 is 15.9 Å². The predicted molar refractivity (Wildman–Crippen MR) is 101 cm³/mol. The van der Waals surface area contributed by atoms with E-state index in [0.717, 1.165) is 21.3 Å². The fourth-order valence-corrected chi connectivity index (χ4v) is 4.50. The number of carbonyl (C=O) groups excluding carboxylic acids is 2. The van der Waals surface area contributed by atoms with Crippen LogP contribution in [0.15, 0.2) is 34.8 Å². The lowest BCUT2D eigenvalue weighted by Crippen LogP contribution is -2.47. The molecule has 6 heteroatoms. The number of hydrogen-bond donors (Lipinski definition) is 2. The van der Waals surface area contributed by atoms with Gasteiger partial charge in [-0.3, -0.25) is 9.59 Å². The molecule has 2 N–H and O–H groups in total. The van der Waals surface area contributed by atoms with Gasteiger partial charge in [0.05, 0.1) is 13.0 Å². The molecule has 26 heavy (non-hydrogen) atoms. The van der Waals surface area contributed by atoms with Crippen molar-refractivity contribution in [3.05, 3.63) is 57.1 Å². The Morgan fingerprint density at radius 3 is 2.77 bits per heavy atom. The van der Waals surface area contributed by atoms with Gasteiger partial charge < -0.3 is 15.2 Å². The van der Waals surface area contributed by atoms with Crippen molar-refractivity contribution in [3.63, 3.8) is 0 Å². The highest BCUT2D eigenvalue weighted by Crippen LogP contribution is 2.47. The van der Waals surface area contributed by atoms with Crippen molar-refractivity contribution in [2.75, 3.05) is 12.4 Å². The Bertz CT molecular complexity index is 955. The Morgan fingerprint density at radius 1 is 1.27 bits per heavy atom. The zero-order chi connectivity index (χ0) is 18.6. The molecule has 2 atom stereocenters. The summed E-state index contributed by atoms with van der Waals surface area (Å²) in [6, 6.07) is 8.71. The third kappa shape index (κ3) is 2.25.